The molecule has 1 N–H and O–H groups in total. The number of nitrogens with zero attached hydrogens (tertiary/aromatic N) is 2. The molecule has 0 aliphatic carbocycles. The van der Waals surface area contributed by atoms with Crippen molar-refractivity contribution in [2.24, 2.45) is 5.92 Å². The average Bonchev–Trinajstić information content (AvgIpc) is 2.89. The molecule has 4 aromatic rings. The molecule has 1 fully saturated rings. The monoisotopic (exact) mass is 451 g/mol. The van der Waals surface area contributed by atoms with Gasteiger partial charge in [-0.2, -0.15) is 0 Å². The van der Waals surface area contributed by atoms with Crippen molar-refractivity contribution in [2.45, 2.75) is 19.4 Å². The standard InChI is InChI=1S/C29H29N3O2/c1-34-25-11-5-8-23(19-25)26-12-2-3-13-27(26)31-29(33)22-14-17-32(18-15-22)20-24-9-4-7-21-10-6-16-30-28(21)24/h2-13,16,19,22H,14-15,17-18,20H2,1H3,(H,31,33). The number of rotatable bonds is 6. The number of amides is 1. The van der Waals surface area contributed by atoms with Gasteiger partial charge in [0.05, 0.1) is 12.6 Å². The summed E-state index contributed by atoms with van der Waals surface area (Å²) in [6, 6.07) is 26.3. The smallest absolute Gasteiger partial charge is 0.227 e. The predicted molar refractivity (Wildman–Crippen MR) is 137 cm³/mol. The number of nitrogens with one attached hydrogen (secondary N) is 1. The Morgan fingerprint density at radius 1 is 1.00 bits per heavy atom. The van der Waals surface area contributed by atoms with E-state index < -0.39 is 0 Å². The summed E-state index contributed by atoms with van der Waals surface area (Å²) >= 11 is 0. The number of carbonyl (C=O) groups is 1. The number of methoxy groups -OCH3 is 1. The Morgan fingerprint density at radius 3 is 2.65 bits per heavy atom. The molecule has 172 valence electrons. The van der Waals surface area contributed by atoms with E-state index in [9.17, 15) is 4.79 Å². The summed E-state index contributed by atoms with van der Waals surface area (Å²) in [4.78, 5) is 20.2. The van der Waals surface area contributed by atoms with E-state index in [0.29, 0.717) is 0 Å². The number of anilines is 1. The van der Waals surface area contributed by atoms with Gasteiger partial charge in [-0.15, -0.1) is 0 Å². The fourth-order valence-electron chi connectivity index (χ4n) is 4.76. The molecular formula is C29H29N3O2. The Kier molecular flexibility index (Phi) is 6.54. The van der Waals surface area contributed by atoms with Gasteiger partial charge in [0.2, 0.25) is 5.91 Å². The van der Waals surface area contributed by atoms with Gasteiger partial charge in [0.25, 0.3) is 0 Å². The van der Waals surface area contributed by atoms with Gasteiger partial charge in [0.1, 0.15) is 5.75 Å². The van der Waals surface area contributed by atoms with Gasteiger partial charge >= 0.3 is 0 Å². The van der Waals surface area contributed by atoms with Gasteiger partial charge in [-0.1, -0.05) is 54.6 Å². The highest BCUT2D eigenvalue weighted by Crippen LogP contribution is 2.31. The lowest BCUT2D eigenvalue weighted by Gasteiger charge is -2.31. The fourth-order valence-corrected chi connectivity index (χ4v) is 4.76. The molecule has 0 bridgehead atoms. The second kappa shape index (κ2) is 10.1. The van der Waals surface area contributed by atoms with Crippen molar-refractivity contribution in [3.8, 4) is 16.9 Å². The summed E-state index contributed by atoms with van der Waals surface area (Å²) in [5, 5.41) is 4.37. The molecule has 5 rings (SSSR count). The molecule has 1 amide bonds. The average molecular weight is 452 g/mol. The van der Waals surface area contributed by atoms with Crippen molar-refractivity contribution in [1.82, 2.24) is 9.88 Å². The minimum absolute atomic E-state index is 0.0141. The Morgan fingerprint density at radius 2 is 1.79 bits per heavy atom. The van der Waals surface area contributed by atoms with Crippen LogP contribution in [0.15, 0.2) is 85.1 Å². The van der Waals surface area contributed by atoms with Gasteiger partial charge in [-0.05, 0) is 61.3 Å². The van der Waals surface area contributed by atoms with Crippen molar-refractivity contribution in [2.75, 3.05) is 25.5 Å². The number of aromatic nitrogens is 1. The number of hydrogen-bond acceptors (Lipinski definition) is 4. The number of para-hydroxylation sites is 2. The first-order valence-electron chi connectivity index (χ1n) is 11.8. The normalized spacial score (nSPS) is 14.7. The molecule has 2 heterocycles. The van der Waals surface area contributed by atoms with Crippen molar-refractivity contribution in [3.05, 3.63) is 90.6 Å². The Bertz CT molecular complexity index is 1290. The zero-order valence-electron chi connectivity index (χ0n) is 19.4. The highest BCUT2D eigenvalue weighted by Gasteiger charge is 2.26. The van der Waals surface area contributed by atoms with E-state index in [-0.39, 0.29) is 11.8 Å². The minimum Gasteiger partial charge on any atom is -0.497 e. The molecule has 1 aliphatic rings. The molecule has 0 saturated carbocycles. The lowest BCUT2D eigenvalue weighted by atomic mass is 9.94. The van der Waals surface area contributed by atoms with E-state index in [0.717, 1.165) is 60.6 Å². The Hall–Kier alpha value is -3.70. The Balaban J connectivity index is 1.23. The maximum absolute atomic E-state index is 13.1. The first kappa shape index (κ1) is 22.1. The summed E-state index contributed by atoms with van der Waals surface area (Å²) in [6.07, 6.45) is 3.56. The molecular weight excluding hydrogens is 422 g/mol. The molecule has 1 aromatic heterocycles. The number of piperidine rings is 1. The van der Waals surface area contributed by atoms with Crippen LogP contribution in [-0.4, -0.2) is 36.0 Å². The number of carbonyl (C=O) groups excluding carboxylic acids is 1. The number of likely N-dealkylation sites (tertiary alicyclic amines) is 1. The van der Waals surface area contributed by atoms with Crippen LogP contribution in [0.1, 0.15) is 18.4 Å². The van der Waals surface area contributed by atoms with E-state index in [4.69, 9.17) is 4.74 Å². The molecule has 5 nitrogen and oxygen atoms in total. The van der Waals surface area contributed by atoms with Crippen LogP contribution in [0.25, 0.3) is 22.0 Å². The number of ether oxygens (including phenoxy) is 1. The van der Waals surface area contributed by atoms with Gasteiger partial charge < -0.3 is 10.1 Å². The van der Waals surface area contributed by atoms with E-state index in [1.807, 2.05) is 60.8 Å². The lowest BCUT2D eigenvalue weighted by molar-refractivity contribution is -0.121. The van der Waals surface area contributed by atoms with Crippen LogP contribution < -0.4 is 10.1 Å². The second-order valence-electron chi connectivity index (χ2n) is 8.81. The van der Waals surface area contributed by atoms with E-state index in [1.165, 1.54) is 10.9 Å². The van der Waals surface area contributed by atoms with E-state index in [2.05, 4.69) is 39.5 Å². The second-order valence-corrected chi connectivity index (χ2v) is 8.81. The van der Waals surface area contributed by atoms with Gasteiger partial charge in [-0.3, -0.25) is 14.7 Å². The highest BCUT2D eigenvalue weighted by atomic mass is 16.5. The first-order chi connectivity index (χ1) is 16.7. The maximum Gasteiger partial charge on any atom is 0.227 e. The quantitative estimate of drug-likeness (QED) is 0.405. The van der Waals surface area contributed by atoms with Gasteiger partial charge in [0, 0.05) is 35.3 Å². The van der Waals surface area contributed by atoms with Crippen LogP contribution in [-0.2, 0) is 11.3 Å². The number of pyridine rings is 1. The third-order valence-corrected chi connectivity index (χ3v) is 6.63. The summed E-state index contributed by atoms with van der Waals surface area (Å²) in [5.74, 6) is 0.912. The van der Waals surface area contributed by atoms with Crippen molar-refractivity contribution in [1.29, 1.82) is 0 Å². The van der Waals surface area contributed by atoms with Crippen LogP contribution in [0, 0.1) is 5.92 Å². The van der Waals surface area contributed by atoms with E-state index >= 15 is 0 Å². The molecule has 0 radical (unpaired) electrons. The predicted octanol–water partition coefficient (Wildman–Crippen LogP) is 5.76. The van der Waals surface area contributed by atoms with E-state index in [1.54, 1.807) is 7.11 Å². The van der Waals surface area contributed by atoms with Gasteiger partial charge in [0.15, 0.2) is 0 Å². The SMILES string of the molecule is COc1cccc(-c2ccccc2NC(=O)C2CCN(Cc3cccc4cccnc34)CC2)c1. The third-order valence-electron chi connectivity index (χ3n) is 6.63. The number of benzene rings is 3. The summed E-state index contributed by atoms with van der Waals surface area (Å²) in [6.45, 7) is 2.67. The largest absolute Gasteiger partial charge is 0.497 e. The van der Waals surface area contributed by atoms with Crippen LogP contribution >= 0.6 is 0 Å². The molecule has 0 spiro atoms. The minimum atomic E-state index is 0.0141. The molecule has 0 unspecified atom stereocenters. The van der Waals surface area contributed by atoms with Crippen molar-refractivity contribution in [3.63, 3.8) is 0 Å². The van der Waals surface area contributed by atoms with Crippen LogP contribution in [0.3, 0.4) is 0 Å². The fraction of sp³-hybridized carbons (Fsp3) is 0.241. The molecule has 3 aromatic carbocycles. The zero-order chi connectivity index (χ0) is 23.3. The molecule has 34 heavy (non-hydrogen) atoms. The third kappa shape index (κ3) is 4.80. The maximum atomic E-state index is 13.1. The number of fused-ring (bicyclic) bond motifs is 1. The number of hydrogen-bond donors (Lipinski definition) is 1. The van der Waals surface area contributed by atoms with Crippen LogP contribution in [0.5, 0.6) is 5.75 Å². The van der Waals surface area contributed by atoms with Crippen LogP contribution in [0.4, 0.5) is 5.69 Å². The summed E-state index contributed by atoms with van der Waals surface area (Å²) in [5.41, 5.74) is 5.17. The lowest BCUT2D eigenvalue weighted by Crippen LogP contribution is -2.37. The van der Waals surface area contributed by atoms with Crippen LogP contribution in [0.2, 0.25) is 0 Å². The molecule has 1 saturated heterocycles. The summed E-state index contributed by atoms with van der Waals surface area (Å²) in [7, 11) is 1.66. The Labute approximate surface area is 200 Å². The topological polar surface area (TPSA) is 54.5 Å². The van der Waals surface area contributed by atoms with Crippen molar-refractivity contribution >= 4 is 22.5 Å². The van der Waals surface area contributed by atoms with Gasteiger partial charge in [-0.25, -0.2) is 0 Å². The van der Waals surface area contributed by atoms with Crippen molar-refractivity contribution < 1.29 is 9.53 Å². The molecule has 5 heteroatoms. The molecule has 0 atom stereocenters. The zero-order valence-corrected chi connectivity index (χ0v) is 19.4. The highest BCUT2D eigenvalue weighted by molar-refractivity contribution is 5.97. The summed E-state index contributed by atoms with van der Waals surface area (Å²) < 4.78 is 5.37. The molecule has 1 aliphatic heterocycles. The first-order valence-corrected chi connectivity index (χ1v) is 11.8.